The van der Waals surface area contributed by atoms with Crippen LogP contribution in [-0.4, -0.2) is 50.2 Å². The van der Waals surface area contributed by atoms with Crippen LogP contribution in [0.3, 0.4) is 0 Å². The van der Waals surface area contributed by atoms with Gasteiger partial charge in [-0.25, -0.2) is 0 Å². The molecule has 29 heavy (non-hydrogen) atoms. The van der Waals surface area contributed by atoms with Gasteiger partial charge in [-0.05, 0) is 31.4 Å². The Kier molecular flexibility index (Phi) is 11.7. The van der Waals surface area contributed by atoms with Crippen molar-refractivity contribution in [1.29, 1.82) is 0 Å². The van der Waals surface area contributed by atoms with Gasteiger partial charge in [0.2, 0.25) is 0 Å². The van der Waals surface area contributed by atoms with E-state index in [4.69, 9.17) is 9.15 Å². The van der Waals surface area contributed by atoms with Crippen LogP contribution in [0.1, 0.15) is 76.2 Å². The maximum absolute atomic E-state index is 12.0. The smallest absolute Gasteiger partial charge is 0.306 e. The Hall–Kier alpha value is -1.82. The summed E-state index contributed by atoms with van der Waals surface area (Å²) in [6.07, 6.45) is 8.76. The van der Waals surface area contributed by atoms with Crippen molar-refractivity contribution in [3.63, 3.8) is 0 Å². The fraction of sp³-hybridized carbons (Fsp3) is 0.739. The van der Waals surface area contributed by atoms with Gasteiger partial charge in [0.1, 0.15) is 18.1 Å². The Morgan fingerprint density at radius 2 is 1.59 bits per heavy atom. The van der Waals surface area contributed by atoms with Crippen molar-refractivity contribution < 1.29 is 28.3 Å². The van der Waals surface area contributed by atoms with Crippen molar-refractivity contribution in [3.8, 4) is 0 Å². The number of likely N-dealkylation sites (N-methyl/N-ethyl adjacent to an activating group) is 1. The third kappa shape index (κ3) is 13.1. The highest BCUT2D eigenvalue weighted by atomic mass is 16.5. The zero-order chi connectivity index (χ0) is 21.7. The van der Waals surface area contributed by atoms with Crippen LogP contribution in [0, 0.1) is 0 Å². The summed E-state index contributed by atoms with van der Waals surface area (Å²) < 4.78 is 11.8. The molecule has 0 radical (unpaired) electrons. The zero-order valence-electron chi connectivity index (χ0n) is 18.7. The number of carboxylic acids is 1. The molecule has 166 valence electrons. The van der Waals surface area contributed by atoms with Gasteiger partial charge in [0.05, 0.1) is 21.1 Å². The average molecular weight is 410 g/mol. The highest BCUT2D eigenvalue weighted by molar-refractivity contribution is 5.70. The summed E-state index contributed by atoms with van der Waals surface area (Å²) >= 11 is 0. The number of ether oxygens (including phenoxy) is 1. The van der Waals surface area contributed by atoms with Crippen molar-refractivity contribution in [2.45, 2.75) is 83.7 Å². The minimum Gasteiger partial charge on any atom is -0.550 e. The molecule has 0 amide bonds. The summed E-state index contributed by atoms with van der Waals surface area (Å²) in [7, 11) is 5.80. The Bertz CT molecular complexity index is 603. The first kappa shape index (κ1) is 25.2. The number of carbonyl (C=O) groups excluding carboxylic acids is 2. The first-order chi connectivity index (χ1) is 13.7. The Labute approximate surface area is 175 Å². The molecule has 0 saturated carbocycles. The van der Waals surface area contributed by atoms with Gasteiger partial charge in [-0.1, -0.05) is 32.6 Å². The fourth-order valence-corrected chi connectivity index (χ4v) is 3.35. The number of hydrogen-bond donors (Lipinski definition) is 0. The summed E-state index contributed by atoms with van der Waals surface area (Å²) in [5, 5.41) is 10.9. The third-order valence-electron chi connectivity index (χ3n) is 4.74. The fourth-order valence-electron chi connectivity index (χ4n) is 3.35. The number of nitrogens with zero attached hydrogens (tertiary/aromatic N) is 1. The molecule has 0 bridgehead atoms. The van der Waals surface area contributed by atoms with Crippen LogP contribution in [0.15, 0.2) is 16.5 Å². The van der Waals surface area contributed by atoms with Crippen molar-refractivity contribution in [2.75, 3.05) is 27.7 Å². The number of rotatable bonds is 16. The van der Waals surface area contributed by atoms with E-state index in [2.05, 4.69) is 19.1 Å². The summed E-state index contributed by atoms with van der Waals surface area (Å²) in [6.45, 7) is 2.65. The number of carboxylic acid groups (broad SMARTS) is 1. The average Bonchev–Trinajstić information content (AvgIpc) is 3.03. The van der Waals surface area contributed by atoms with Gasteiger partial charge < -0.3 is 23.5 Å². The second-order valence-electron chi connectivity index (χ2n) is 8.90. The van der Waals surface area contributed by atoms with Crippen LogP contribution >= 0.6 is 0 Å². The first-order valence-electron chi connectivity index (χ1n) is 11.0. The van der Waals surface area contributed by atoms with Crippen LogP contribution < -0.4 is 5.11 Å². The summed E-state index contributed by atoms with van der Waals surface area (Å²) in [5.41, 5.74) is 0. The van der Waals surface area contributed by atoms with E-state index in [1.165, 1.54) is 19.3 Å². The van der Waals surface area contributed by atoms with Crippen molar-refractivity contribution in [1.82, 2.24) is 0 Å². The zero-order valence-corrected chi connectivity index (χ0v) is 18.7. The van der Waals surface area contributed by atoms with Crippen molar-refractivity contribution in [3.05, 3.63) is 23.7 Å². The Morgan fingerprint density at radius 3 is 2.14 bits per heavy atom. The highest BCUT2D eigenvalue weighted by Crippen LogP contribution is 2.15. The number of furan rings is 1. The van der Waals surface area contributed by atoms with E-state index in [-0.39, 0.29) is 12.4 Å². The van der Waals surface area contributed by atoms with E-state index in [0.29, 0.717) is 17.4 Å². The maximum Gasteiger partial charge on any atom is 0.306 e. The van der Waals surface area contributed by atoms with E-state index in [9.17, 15) is 14.7 Å². The molecule has 1 aromatic rings. The molecule has 0 aliphatic carbocycles. The van der Waals surface area contributed by atoms with Gasteiger partial charge in [-0.15, -0.1) is 0 Å². The number of esters is 1. The topological polar surface area (TPSA) is 79.6 Å². The van der Waals surface area contributed by atoms with Crippen LogP contribution in [0.5, 0.6) is 0 Å². The van der Waals surface area contributed by atoms with E-state index in [1.807, 2.05) is 21.1 Å². The lowest BCUT2D eigenvalue weighted by molar-refractivity contribution is -0.873. The van der Waals surface area contributed by atoms with Crippen LogP contribution in [0.2, 0.25) is 0 Å². The Balaban J connectivity index is 2.18. The van der Waals surface area contributed by atoms with Gasteiger partial charge in [0, 0.05) is 31.7 Å². The quantitative estimate of drug-likeness (QED) is 0.238. The number of aryl methyl sites for hydroxylation is 2. The summed E-state index contributed by atoms with van der Waals surface area (Å²) in [4.78, 5) is 22.9. The number of carbonyl (C=O) groups is 2. The number of quaternary nitrogens is 1. The molecule has 0 fully saturated rings. The SMILES string of the molecule is CCCCCc1ccc(CCCCCCC(=O)OC(CC(=O)[O-])C[N+](C)(C)C)o1. The highest BCUT2D eigenvalue weighted by Gasteiger charge is 2.22. The molecular formula is C23H39NO5. The number of unbranched alkanes of at least 4 members (excludes halogenated alkanes) is 5. The molecule has 6 nitrogen and oxygen atoms in total. The van der Waals surface area contributed by atoms with E-state index in [1.54, 1.807) is 0 Å². The molecule has 1 unspecified atom stereocenters. The van der Waals surface area contributed by atoms with Crippen molar-refractivity contribution >= 4 is 11.9 Å². The van der Waals surface area contributed by atoms with Gasteiger partial charge >= 0.3 is 5.97 Å². The lowest BCUT2D eigenvalue weighted by Crippen LogP contribution is -2.45. The molecule has 1 rings (SSSR count). The van der Waals surface area contributed by atoms with Crippen LogP contribution in [0.4, 0.5) is 0 Å². The molecule has 0 aliphatic rings. The predicted octanol–water partition coefficient (Wildman–Crippen LogP) is 3.26. The summed E-state index contributed by atoms with van der Waals surface area (Å²) in [6, 6.07) is 4.16. The number of aliphatic carboxylic acids is 1. The molecule has 0 N–H and O–H groups in total. The molecule has 0 aromatic carbocycles. The van der Waals surface area contributed by atoms with Gasteiger partial charge in [0.15, 0.2) is 6.10 Å². The number of hydrogen-bond acceptors (Lipinski definition) is 5. The largest absolute Gasteiger partial charge is 0.550 e. The van der Waals surface area contributed by atoms with Gasteiger partial charge in [-0.3, -0.25) is 4.79 Å². The third-order valence-corrected chi connectivity index (χ3v) is 4.74. The molecule has 1 atom stereocenters. The van der Waals surface area contributed by atoms with E-state index in [0.717, 1.165) is 50.0 Å². The summed E-state index contributed by atoms with van der Waals surface area (Å²) in [5.74, 6) is 0.604. The maximum atomic E-state index is 12.0. The van der Waals surface area contributed by atoms with Gasteiger partial charge in [0.25, 0.3) is 0 Å². The molecular weight excluding hydrogens is 370 g/mol. The van der Waals surface area contributed by atoms with E-state index >= 15 is 0 Å². The molecule has 0 saturated heterocycles. The minimum atomic E-state index is -1.19. The molecule has 1 heterocycles. The molecule has 1 aromatic heterocycles. The second-order valence-corrected chi connectivity index (χ2v) is 8.90. The molecule has 0 spiro atoms. The molecule has 6 heteroatoms. The predicted molar refractivity (Wildman–Crippen MR) is 111 cm³/mol. The first-order valence-corrected chi connectivity index (χ1v) is 11.0. The van der Waals surface area contributed by atoms with Crippen LogP contribution in [0.25, 0.3) is 0 Å². The monoisotopic (exact) mass is 409 g/mol. The molecule has 0 aliphatic heterocycles. The van der Waals surface area contributed by atoms with Crippen LogP contribution in [-0.2, 0) is 27.2 Å². The minimum absolute atomic E-state index is 0.259. The van der Waals surface area contributed by atoms with E-state index < -0.39 is 12.1 Å². The lowest BCUT2D eigenvalue weighted by Gasteiger charge is -2.29. The second kappa shape index (κ2) is 13.4. The van der Waals surface area contributed by atoms with Crippen molar-refractivity contribution in [2.24, 2.45) is 0 Å². The normalized spacial score (nSPS) is 12.7. The Morgan fingerprint density at radius 1 is 1.00 bits per heavy atom. The lowest BCUT2D eigenvalue weighted by atomic mass is 10.1. The standard InChI is InChI=1S/C23H39NO5/c1-5-6-9-12-19-15-16-20(28-19)13-10-7-8-11-14-23(27)29-21(17-22(25)26)18-24(2,3)4/h15-16,21H,5-14,17-18H2,1-4H3. The van der Waals surface area contributed by atoms with Gasteiger partial charge in [-0.2, -0.15) is 0 Å².